The van der Waals surface area contributed by atoms with E-state index in [-0.39, 0.29) is 16.3 Å². The van der Waals surface area contributed by atoms with Gasteiger partial charge in [0.25, 0.3) is 11.8 Å². The molecular formula is C14H11ClN2O7S. The van der Waals surface area contributed by atoms with Gasteiger partial charge in [0.05, 0.1) is 16.8 Å². The molecule has 132 valence electrons. The predicted molar refractivity (Wildman–Crippen MR) is 84.3 cm³/mol. The van der Waals surface area contributed by atoms with E-state index in [1.807, 2.05) is 5.32 Å². The summed E-state index contributed by atoms with van der Waals surface area (Å²) in [5.74, 6) is -2.78. The molecule has 2 aromatic rings. The highest BCUT2D eigenvalue weighted by Crippen LogP contribution is 2.21. The van der Waals surface area contributed by atoms with Crippen LogP contribution < -0.4 is 10.5 Å². The van der Waals surface area contributed by atoms with E-state index < -0.39 is 39.3 Å². The van der Waals surface area contributed by atoms with Crippen LogP contribution in [0.5, 0.6) is 0 Å². The van der Waals surface area contributed by atoms with Crippen molar-refractivity contribution < 1.29 is 32.0 Å². The van der Waals surface area contributed by atoms with Crippen LogP contribution >= 0.6 is 11.6 Å². The zero-order valence-corrected chi connectivity index (χ0v) is 14.0. The third-order valence-corrected chi connectivity index (χ3v) is 4.20. The van der Waals surface area contributed by atoms with Crippen molar-refractivity contribution in [2.24, 2.45) is 5.14 Å². The lowest BCUT2D eigenvalue weighted by Crippen LogP contribution is -2.34. The smallest absolute Gasteiger partial charge is 0.338 e. The summed E-state index contributed by atoms with van der Waals surface area (Å²) in [4.78, 5) is 34.6. The average molecular weight is 387 g/mol. The number of furan rings is 1. The molecule has 9 nitrogen and oxygen atoms in total. The van der Waals surface area contributed by atoms with E-state index >= 15 is 0 Å². The number of halogens is 1. The van der Waals surface area contributed by atoms with E-state index in [4.69, 9.17) is 25.9 Å². The Morgan fingerprint density at radius 3 is 2.56 bits per heavy atom. The molecular weight excluding hydrogens is 376 g/mol. The van der Waals surface area contributed by atoms with E-state index in [0.717, 1.165) is 12.1 Å². The first kappa shape index (κ1) is 18.6. The summed E-state index contributed by atoms with van der Waals surface area (Å²) in [7, 11) is -4.14. The second kappa shape index (κ2) is 7.47. The lowest BCUT2D eigenvalue weighted by atomic mass is 10.2. The fourth-order valence-corrected chi connectivity index (χ4v) is 2.77. The van der Waals surface area contributed by atoms with Gasteiger partial charge < -0.3 is 9.15 Å². The first-order valence-corrected chi connectivity index (χ1v) is 8.48. The maximum absolute atomic E-state index is 11.9. The lowest BCUT2D eigenvalue weighted by molar-refractivity contribution is -0.123. The van der Waals surface area contributed by atoms with Gasteiger partial charge in [0, 0.05) is 0 Å². The topological polar surface area (TPSA) is 146 Å². The number of nitrogens with two attached hydrogens (primary N) is 1. The summed E-state index contributed by atoms with van der Waals surface area (Å²) in [6.45, 7) is -0.765. The molecule has 2 amide bonds. The highest BCUT2D eigenvalue weighted by atomic mass is 35.5. The largest absolute Gasteiger partial charge is 0.459 e. The number of hydrogen-bond acceptors (Lipinski definition) is 7. The molecule has 1 heterocycles. The molecule has 0 spiro atoms. The zero-order valence-electron chi connectivity index (χ0n) is 12.4. The average Bonchev–Trinajstić information content (AvgIpc) is 3.06. The first-order chi connectivity index (χ1) is 11.7. The number of hydrogen-bond donors (Lipinski definition) is 2. The highest BCUT2D eigenvalue weighted by Gasteiger charge is 2.19. The Morgan fingerprint density at radius 1 is 1.24 bits per heavy atom. The van der Waals surface area contributed by atoms with E-state index in [0.29, 0.717) is 0 Å². The molecule has 2 rings (SSSR count). The molecule has 0 aliphatic rings. The Balaban J connectivity index is 1.98. The van der Waals surface area contributed by atoms with Gasteiger partial charge >= 0.3 is 5.97 Å². The van der Waals surface area contributed by atoms with Crippen molar-refractivity contribution in [3.63, 3.8) is 0 Å². The Morgan fingerprint density at radius 2 is 1.96 bits per heavy atom. The predicted octanol–water partition coefficient (Wildman–Crippen LogP) is 0.694. The van der Waals surface area contributed by atoms with Gasteiger partial charge in [0.2, 0.25) is 10.0 Å². The van der Waals surface area contributed by atoms with E-state index in [1.165, 1.54) is 24.5 Å². The van der Waals surface area contributed by atoms with Gasteiger partial charge in [0.1, 0.15) is 4.90 Å². The number of carbonyl (C=O) groups is 3. The first-order valence-electron chi connectivity index (χ1n) is 6.55. The van der Waals surface area contributed by atoms with Gasteiger partial charge in [0.15, 0.2) is 12.4 Å². The monoisotopic (exact) mass is 386 g/mol. The minimum absolute atomic E-state index is 0.0878. The summed E-state index contributed by atoms with van der Waals surface area (Å²) in [6.07, 6.45) is 1.25. The van der Waals surface area contributed by atoms with E-state index in [1.54, 1.807) is 0 Å². The number of ether oxygens (including phenoxy) is 1. The number of esters is 1. The van der Waals surface area contributed by atoms with Crippen molar-refractivity contribution in [3.05, 3.63) is 52.9 Å². The highest BCUT2D eigenvalue weighted by molar-refractivity contribution is 7.89. The molecule has 11 heteroatoms. The molecule has 1 aromatic heterocycles. The van der Waals surface area contributed by atoms with Crippen molar-refractivity contribution >= 4 is 39.4 Å². The number of carbonyl (C=O) groups excluding carboxylic acids is 3. The molecule has 3 N–H and O–H groups in total. The summed E-state index contributed by atoms with van der Waals surface area (Å²) >= 11 is 5.70. The number of imide groups is 1. The maximum atomic E-state index is 11.9. The van der Waals surface area contributed by atoms with Crippen molar-refractivity contribution in [2.45, 2.75) is 4.90 Å². The minimum atomic E-state index is -4.14. The Bertz CT molecular complexity index is 923. The quantitative estimate of drug-likeness (QED) is 0.719. The number of sulfonamides is 1. The summed E-state index contributed by atoms with van der Waals surface area (Å²) < 4.78 is 32.2. The summed E-state index contributed by atoms with van der Waals surface area (Å²) in [5, 5.41) is 6.76. The Kier molecular flexibility index (Phi) is 5.57. The second-order valence-electron chi connectivity index (χ2n) is 4.62. The van der Waals surface area contributed by atoms with Gasteiger partial charge in [-0.1, -0.05) is 11.6 Å². The van der Waals surface area contributed by atoms with Crippen LogP contribution in [0.1, 0.15) is 20.9 Å². The molecule has 0 radical (unpaired) electrons. The molecule has 0 saturated carbocycles. The number of benzene rings is 1. The Hall–Kier alpha value is -2.69. The van der Waals surface area contributed by atoms with Crippen molar-refractivity contribution in [2.75, 3.05) is 6.61 Å². The van der Waals surface area contributed by atoms with E-state index in [9.17, 15) is 22.8 Å². The van der Waals surface area contributed by atoms with Crippen molar-refractivity contribution in [3.8, 4) is 0 Å². The lowest BCUT2D eigenvalue weighted by Gasteiger charge is -2.07. The van der Waals surface area contributed by atoms with Gasteiger partial charge in [-0.05, 0) is 30.3 Å². The fourth-order valence-electron chi connectivity index (χ4n) is 1.69. The van der Waals surface area contributed by atoms with Crippen LogP contribution in [0.4, 0.5) is 0 Å². The number of amides is 2. The number of primary sulfonamides is 1. The van der Waals surface area contributed by atoms with Crippen LogP contribution in [-0.4, -0.2) is 32.8 Å². The molecule has 1 aromatic carbocycles. The number of nitrogens with one attached hydrogen (secondary N) is 1. The second-order valence-corrected chi connectivity index (χ2v) is 6.56. The molecule has 0 atom stereocenters. The number of rotatable bonds is 5. The molecule has 0 unspecified atom stereocenters. The normalized spacial score (nSPS) is 11.0. The molecule has 0 fully saturated rings. The zero-order chi connectivity index (χ0) is 18.6. The molecule has 0 aliphatic carbocycles. The Labute approximate surface area is 146 Å². The SMILES string of the molecule is NS(=O)(=O)c1cc(C(=O)OCC(=O)NC(=O)c2ccco2)ccc1Cl. The van der Waals surface area contributed by atoms with Gasteiger partial charge in [-0.25, -0.2) is 18.4 Å². The molecule has 0 aliphatic heterocycles. The molecule has 0 saturated heterocycles. The summed E-state index contributed by atoms with van der Waals surface area (Å²) in [5.41, 5.74) is -0.182. The third kappa shape index (κ3) is 4.89. The summed E-state index contributed by atoms with van der Waals surface area (Å²) in [6, 6.07) is 6.08. The van der Waals surface area contributed by atoms with E-state index in [2.05, 4.69) is 0 Å². The van der Waals surface area contributed by atoms with Gasteiger partial charge in [-0.3, -0.25) is 14.9 Å². The van der Waals surface area contributed by atoms with Crippen LogP contribution in [0.25, 0.3) is 0 Å². The third-order valence-electron chi connectivity index (χ3n) is 2.81. The van der Waals surface area contributed by atoms with Crippen LogP contribution in [0.3, 0.4) is 0 Å². The van der Waals surface area contributed by atoms with Gasteiger partial charge in [-0.15, -0.1) is 0 Å². The fraction of sp³-hybridized carbons (Fsp3) is 0.0714. The van der Waals surface area contributed by atoms with Crippen molar-refractivity contribution in [1.29, 1.82) is 0 Å². The van der Waals surface area contributed by atoms with Crippen LogP contribution in [0.15, 0.2) is 45.9 Å². The van der Waals surface area contributed by atoms with Crippen LogP contribution in [0, 0.1) is 0 Å². The van der Waals surface area contributed by atoms with Crippen LogP contribution in [0.2, 0.25) is 5.02 Å². The molecule has 25 heavy (non-hydrogen) atoms. The van der Waals surface area contributed by atoms with Crippen LogP contribution in [-0.2, 0) is 19.6 Å². The molecule has 0 bridgehead atoms. The maximum Gasteiger partial charge on any atom is 0.338 e. The minimum Gasteiger partial charge on any atom is -0.459 e. The van der Waals surface area contributed by atoms with Gasteiger partial charge in [-0.2, -0.15) is 0 Å². The van der Waals surface area contributed by atoms with Crippen molar-refractivity contribution in [1.82, 2.24) is 5.32 Å². The standard InChI is InChI=1S/C14H11ClN2O7S/c15-9-4-3-8(6-11(9)25(16,21)22)14(20)24-7-12(18)17-13(19)10-2-1-5-23-10/h1-6H,7H2,(H2,16,21,22)(H,17,18,19).